The number of hydrogen-bond donors (Lipinski definition) is 0. The smallest absolute Gasteiger partial charge is 0 e. The minimum Gasteiger partial charge on any atom is 0 e. The molecule has 0 aromatic heterocycles. The van der Waals surface area contributed by atoms with Gasteiger partial charge >= 0.3 is 308 Å². The Balaban J connectivity index is 0.00000417. The molecule has 0 N–H and O–H groups in total. The van der Waals surface area contributed by atoms with Crippen LogP contribution in [0.1, 0.15) is 198 Å². The van der Waals surface area contributed by atoms with E-state index in [0.29, 0.717) is 34.0 Å². The van der Waals surface area contributed by atoms with Crippen molar-refractivity contribution in [2.24, 2.45) is 0 Å². The molecular weight excluding hydrogens is 762 g/mol. The fourth-order valence-electron chi connectivity index (χ4n) is 14.0. The van der Waals surface area contributed by atoms with E-state index < -0.39 is 11.9 Å². The molecule has 6 aliphatic carbocycles. The molecule has 6 aliphatic rings. The van der Waals surface area contributed by atoms with Gasteiger partial charge in [-0.15, -0.1) is 0 Å². The summed E-state index contributed by atoms with van der Waals surface area (Å²) < 4.78 is 0. The predicted octanol–water partition coefficient (Wildman–Crippen LogP) is 16.4. The van der Waals surface area contributed by atoms with E-state index in [1.165, 1.54) is 198 Å². The minimum absolute atomic E-state index is 0. The largest absolute Gasteiger partial charge is 0 e. The van der Waals surface area contributed by atoms with E-state index in [9.17, 15) is 22.5 Å². The molecule has 0 aliphatic heterocycles. The Labute approximate surface area is 325 Å². The molecule has 0 atom stereocenters. The maximum absolute atomic E-state index is 9.89. The van der Waals surface area contributed by atoms with Crippen molar-refractivity contribution in [3.8, 4) is 0 Å². The molecule has 1 aromatic carbocycles. The molecule has 49 heavy (non-hydrogen) atoms. The van der Waals surface area contributed by atoms with Gasteiger partial charge in [0.2, 0.25) is 0 Å². The summed E-state index contributed by atoms with van der Waals surface area (Å²) in [5.41, 5.74) is 5.63. The molecule has 280 valence electrons. The Bertz CT molecular complexity index is 1030. The topological polar surface area (TPSA) is 0 Å². The fraction of sp³-hybridized carbons (Fsp3) is 0.818. The molecule has 5 heteroatoms. The van der Waals surface area contributed by atoms with Crippen LogP contribution in [0.3, 0.4) is 0 Å². The van der Waals surface area contributed by atoms with Crippen molar-refractivity contribution in [3.05, 3.63) is 41.0 Å². The summed E-state index contributed by atoms with van der Waals surface area (Å²) in [7, 11) is 0. The summed E-state index contributed by atoms with van der Waals surface area (Å²) in [6, 6.07) is 11.8. The van der Waals surface area contributed by atoms with Crippen LogP contribution in [0, 0.1) is 0 Å². The average Bonchev–Trinajstić information content (AvgIpc) is 3.19. The first-order valence-corrected chi connectivity index (χ1v) is 28.4. The van der Waals surface area contributed by atoms with Crippen LogP contribution in [-0.4, -0.2) is 34.0 Å². The summed E-state index contributed by atoms with van der Waals surface area (Å²) in [6.07, 6.45) is 45.0. The third kappa shape index (κ3) is 6.94. The van der Waals surface area contributed by atoms with E-state index in [0.717, 1.165) is 0 Å². The van der Waals surface area contributed by atoms with E-state index in [-0.39, 0.29) is 19.5 Å². The number of halogens is 2. The van der Waals surface area contributed by atoms with Crippen LogP contribution in [0.15, 0.2) is 35.4 Å². The first kappa shape index (κ1) is 39.7. The third-order valence-corrected chi connectivity index (χ3v) is 39.6. The van der Waals surface area contributed by atoms with Gasteiger partial charge in [0.25, 0.3) is 0 Å². The second-order valence-corrected chi connectivity index (χ2v) is 33.2. The number of hydrogen-bond acceptors (Lipinski definition) is 0. The molecule has 0 radical (unpaired) electrons. The fourth-order valence-corrected chi connectivity index (χ4v) is 42.8. The van der Waals surface area contributed by atoms with Crippen molar-refractivity contribution in [3.63, 3.8) is 0 Å². The Hall–Kier alpha value is 1.02. The number of benzene rings is 1. The van der Waals surface area contributed by atoms with E-state index in [4.69, 9.17) is 0 Å². The third-order valence-electron chi connectivity index (χ3n) is 16.0. The molecule has 6 saturated carbocycles. The van der Waals surface area contributed by atoms with Crippen molar-refractivity contribution < 1.29 is 19.5 Å². The van der Waals surface area contributed by atoms with E-state index >= 15 is 0 Å². The predicted molar refractivity (Wildman–Crippen MR) is 221 cm³/mol. The van der Waals surface area contributed by atoms with Crippen LogP contribution in [0.4, 0.5) is 0 Å². The van der Waals surface area contributed by atoms with Crippen LogP contribution < -0.4 is 0 Å². The summed E-state index contributed by atoms with van der Waals surface area (Å²) in [5, 5.41) is 1.93. The SMILES string of the molecule is ClP(C(=Cc1ccccc1)P(Cl)(C1CCCCC1)(C1CCCCC1)C1CCCCC1)(C1CCCCC1)(C1CCCCC1)C1CCCCC1.[Ru]. The molecule has 0 bridgehead atoms. The van der Waals surface area contributed by atoms with Gasteiger partial charge in [0.15, 0.2) is 0 Å². The van der Waals surface area contributed by atoms with Crippen molar-refractivity contribution in [1.82, 2.24) is 0 Å². The van der Waals surface area contributed by atoms with Gasteiger partial charge in [-0.25, -0.2) is 0 Å². The van der Waals surface area contributed by atoms with Gasteiger partial charge in [0.05, 0.1) is 0 Å². The van der Waals surface area contributed by atoms with Crippen molar-refractivity contribution >= 4 is 40.5 Å². The molecule has 0 amide bonds. The molecule has 0 nitrogen and oxygen atoms in total. The van der Waals surface area contributed by atoms with E-state index in [1.54, 1.807) is 0 Å². The molecule has 6 fully saturated rings. The van der Waals surface area contributed by atoms with Crippen molar-refractivity contribution in [1.29, 1.82) is 0 Å². The van der Waals surface area contributed by atoms with Gasteiger partial charge in [-0.05, 0) is 0 Å². The van der Waals surface area contributed by atoms with Crippen LogP contribution in [-0.2, 0) is 19.5 Å². The van der Waals surface area contributed by atoms with Gasteiger partial charge in [-0.1, -0.05) is 0 Å². The molecule has 0 unspecified atom stereocenters. The Morgan fingerprint density at radius 3 is 0.837 bits per heavy atom. The standard InChI is InChI=1S/C44H72Cl2P2.Ru/c45-47(38-24-10-2-11-25-38,39-26-12-3-13-27-39,40-28-14-4-15-29-40)44(36-37-22-8-1-9-23-37)48(46,41-30-16-5-17-31-41,42-32-18-6-19-33-42)43-34-20-7-21-35-43;/h1,8-9,22-23,36,38-43H,2-7,10-21,24-35H2;. The van der Waals surface area contributed by atoms with Crippen LogP contribution in [0.2, 0.25) is 0 Å². The maximum Gasteiger partial charge on any atom is 0 e. The molecule has 0 heterocycles. The molecule has 1 aromatic rings. The Kier molecular flexibility index (Phi) is 14.0. The van der Waals surface area contributed by atoms with Crippen LogP contribution >= 0.6 is 34.4 Å². The second-order valence-electron chi connectivity index (χ2n) is 18.1. The summed E-state index contributed by atoms with van der Waals surface area (Å²) in [6.45, 7) is 0. The first-order chi connectivity index (χ1) is 23.5. The van der Waals surface area contributed by atoms with Crippen molar-refractivity contribution in [2.75, 3.05) is 0 Å². The number of rotatable bonds is 9. The quantitative estimate of drug-likeness (QED) is 0.172. The minimum atomic E-state index is -3.16. The monoisotopic (exact) mass is 834 g/mol. The molecule has 0 saturated heterocycles. The Morgan fingerprint density at radius 2 is 0.612 bits per heavy atom. The van der Waals surface area contributed by atoms with Crippen molar-refractivity contribution in [2.45, 2.75) is 227 Å². The molecular formula is C44H72Cl2P2Ru. The zero-order chi connectivity index (χ0) is 33.0. The maximum atomic E-state index is 9.89. The van der Waals surface area contributed by atoms with Crippen LogP contribution in [0.5, 0.6) is 0 Å². The normalized spacial score (nSPS) is 27.2. The van der Waals surface area contributed by atoms with Gasteiger partial charge in [0, 0.05) is 19.5 Å². The van der Waals surface area contributed by atoms with Gasteiger partial charge in [-0.3, -0.25) is 0 Å². The van der Waals surface area contributed by atoms with Gasteiger partial charge in [-0.2, -0.15) is 0 Å². The van der Waals surface area contributed by atoms with Crippen LogP contribution in [0.25, 0.3) is 6.08 Å². The van der Waals surface area contributed by atoms with E-state index in [1.807, 2.05) is 5.06 Å². The average molecular weight is 835 g/mol. The Morgan fingerprint density at radius 1 is 0.388 bits per heavy atom. The molecule has 0 spiro atoms. The second kappa shape index (κ2) is 17.2. The summed E-state index contributed by atoms with van der Waals surface area (Å²) >= 11 is 19.8. The zero-order valence-corrected chi connectivity index (χ0v) is 36.2. The zero-order valence-electron chi connectivity index (χ0n) is 31.1. The van der Waals surface area contributed by atoms with Gasteiger partial charge in [0.1, 0.15) is 0 Å². The first-order valence-electron chi connectivity index (χ1n) is 21.7. The van der Waals surface area contributed by atoms with E-state index in [2.05, 4.69) is 36.4 Å². The summed E-state index contributed by atoms with van der Waals surface area (Å²) in [5.74, 6) is -6.32. The van der Waals surface area contributed by atoms with Gasteiger partial charge < -0.3 is 0 Å². The molecule has 7 rings (SSSR count). The summed E-state index contributed by atoms with van der Waals surface area (Å²) in [4.78, 5) is 0.